The van der Waals surface area contributed by atoms with Gasteiger partial charge in [0.2, 0.25) is 21.6 Å². The summed E-state index contributed by atoms with van der Waals surface area (Å²) in [4.78, 5) is 28.0. The third-order valence-corrected chi connectivity index (χ3v) is 8.50. The summed E-state index contributed by atoms with van der Waals surface area (Å²) < 4.78 is 34.6. The van der Waals surface area contributed by atoms with Crippen LogP contribution in [-0.4, -0.2) is 35.1 Å². The van der Waals surface area contributed by atoms with Crippen LogP contribution < -0.4 is 11.3 Å². The highest BCUT2D eigenvalue weighted by Gasteiger charge is 2.32. The standard InChI is InChI=1S/C31H30N4O6S/c1-4-26(22-9-7-8-20(16-22)17-32)35-27(18-41-19(2)3)34-30(37)28(31(35)38)42(39,40)23-14-12-21(13-15-23)24-10-5-6-11-25(24)29(33)36/h5-16,19,26,38H,4,18H2,1-3H3,(H2,33,36)/t26-/m0/s1. The van der Waals surface area contributed by atoms with Crippen LogP contribution in [-0.2, 0) is 21.2 Å². The van der Waals surface area contributed by atoms with Gasteiger partial charge in [0, 0.05) is 5.56 Å². The first-order chi connectivity index (χ1) is 20.0. The zero-order valence-corrected chi connectivity index (χ0v) is 24.1. The molecule has 0 aliphatic heterocycles. The number of aromatic nitrogens is 2. The number of primary amides is 1. The molecule has 0 saturated carbocycles. The number of sulfone groups is 1. The topological polar surface area (TPSA) is 165 Å². The van der Waals surface area contributed by atoms with E-state index in [4.69, 9.17) is 10.5 Å². The molecule has 0 radical (unpaired) electrons. The number of carbonyl (C=O) groups excluding carboxylic acids is 1. The average molecular weight is 587 g/mol. The van der Waals surface area contributed by atoms with Crippen LogP contribution in [0, 0.1) is 11.3 Å². The molecule has 10 nitrogen and oxygen atoms in total. The molecule has 1 aromatic heterocycles. The van der Waals surface area contributed by atoms with E-state index in [1.807, 2.05) is 6.92 Å². The average Bonchev–Trinajstić information content (AvgIpc) is 2.97. The summed E-state index contributed by atoms with van der Waals surface area (Å²) in [5.41, 5.74) is 6.67. The minimum atomic E-state index is -4.56. The van der Waals surface area contributed by atoms with E-state index >= 15 is 0 Å². The number of benzene rings is 3. The molecule has 216 valence electrons. The number of carbonyl (C=O) groups is 1. The van der Waals surface area contributed by atoms with Gasteiger partial charge in [-0.3, -0.25) is 14.2 Å². The number of hydrogen-bond donors (Lipinski definition) is 2. The second kappa shape index (κ2) is 12.4. The van der Waals surface area contributed by atoms with Crippen LogP contribution in [0.3, 0.4) is 0 Å². The van der Waals surface area contributed by atoms with Crippen LogP contribution in [0.2, 0.25) is 0 Å². The van der Waals surface area contributed by atoms with Crippen molar-refractivity contribution in [2.75, 3.05) is 0 Å². The van der Waals surface area contributed by atoms with Gasteiger partial charge in [0.25, 0.3) is 5.56 Å². The van der Waals surface area contributed by atoms with Crippen LogP contribution >= 0.6 is 0 Å². The van der Waals surface area contributed by atoms with Crippen molar-refractivity contribution in [2.24, 2.45) is 5.73 Å². The van der Waals surface area contributed by atoms with Crippen LogP contribution in [0.5, 0.6) is 5.88 Å². The van der Waals surface area contributed by atoms with Crippen molar-refractivity contribution >= 4 is 15.7 Å². The second-order valence-corrected chi connectivity index (χ2v) is 11.7. The maximum atomic E-state index is 13.8. The summed E-state index contributed by atoms with van der Waals surface area (Å²) in [6, 6.07) is 20.3. The smallest absolute Gasteiger partial charge is 0.296 e. The van der Waals surface area contributed by atoms with Crippen molar-refractivity contribution in [2.45, 2.75) is 55.7 Å². The van der Waals surface area contributed by atoms with E-state index in [9.17, 15) is 28.4 Å². The van der Waals surface area contributed by atoms with E-state index in [-0.39, 0.29) is 29.0 Å². The van der Waals surface area contributed by atoms with Crippen LogP contribution in [0.4, 0.5) is 0 Å². The molecule has 0 saturated heterocycles. The highest BCUT2D eigenvalue weighted by molar-refractivity contribution is 7.91. The van der Waals surface area contributed by atoms with Crippen LogP contribution in [0.15, 0.2) is 87.4 Å². The van der Waals surface area contributed by atoms with Gasteiger partial charge in [-0.25, -0.2) is 8.42 Å². The molecule has 1 atom stereocenters. The molecule has 11 heteroatoms. The highest BCUT2D eigenvalue weighted by Crippen LogP contribution is 2.34. The summed E-state index contributed by atoms with van der Waals surface area (Å²) in [6.45, 7) is 5.25. The molecule has 1 amide bonds. The Labute approximate surface area is 243 Å². The summed E-state index contributed by atoms with van der Waals surface area (Å²) in [5.74, 6) is -1.38. The van der Waals surface area contributed by atoms with Gasteiger partial charge in [-0.1, -0.05) is 49.4 Å². The Bertz CT molecular complexity index is 1840. The molecule has 42 heavy (non-hydrogen) atoms. The van der Waals surface area contributed by atoms with Gasteiger partial charge in [0.1, 0.15) is 12.4 Å². The number of nitrogens with zero attached hydrogens (tertiary/aromatic N) is 3. The maximum Gasteiger partial charge on any atom is 0.296 e. The number of hydrogen-bond acceptors (Lipinski definition) is 8. The van der Waals surface area contributed by atoms with E-state index in [1.54, 1.807) is 62.4 Å². The Kier molecular flexibility index (Phi) is 8.90. The largest absolute Gasteiger partial charge is 0.493 e. The van der Waals surface area contributed by atoms with Gasteiger partial charge in [-0.2, -0.15) is 10.2 Å². The lowest BCUT2D eigenvalue weighted by Crippen LogP contribution is -2.28. The van der Waals surface area contributed by atoms with Crippen molar-refractivity contribution < 1.29 is 23.1 Å². The lowest BCUT2D eigenvalue weighted by atomic mass is 9.99. The quantitative estimate of drug-likeness (QED) is 0.277. The van der Waals surface area contributed by atoms with Crippen molar-refractivity contribution in [1.29, 1.82) is 5.26 Å². The maximum absolute atomic E-state index is 13.8. The zero-order chi connectivity index (χ0) is 30.6. The summed E-state index contributed by atoms with van der Waals surface area (Å²) in [5, 5.41) is 20.9. The summed E-state index contributed by atoms with van der Waals surface area (Å²) >= 11 is 0. The van der Waals surface area contributed by atoms with E-state index in [0.717, 1.165) is 0 Å². The van der Waals surface area contributed by atoms with Crippen molar-refractivity contribution in [3.63, 3.8) is 0 Å². The Morgan fingerprint density at radius 2 is 1.79 bits per heavy atom. The number of nitriles is 1. The molecule has 0 fully saturated rings. The molecule has 3 N–H and O–H groups in total. The van der Waals surface area contributed by atoms with Gasteiger partial charge in [-0.15, -0.1) is 0 Å². The number of rotatable bonds is 10. The molecule has 3 aromatic carbocycles. The Morgan fingerprint density at radius 1 is 1.10 bits per heavy atom. The fourth-order valence-corrected chi connectivity index (χ4v) is 6.06. The predicted molar refractivity (Wildman–Crippen MR) is 156 cm³/mol. The molecule has 4 aromatic rings. The van der Waals surface area contributed by atoms with Crippen LogP contribution in [0.1, 0.15) is 60.5 Å². The van der Waals surface area contributed by atoms with E-state index < -0.39 is 38.1 Å². The molecule has 0 unspecified atom stereocenters. The SMILES string of the molecule is CC[C@@H](c1cccc(C#N)c1)n1c(COC(C)C)nc(=O)c(S(=O)(=O)c2ccc(-c3ccccc3C(N)=O)cc2)c1O. The third-order valence-electron chi connectivity index (χ3n) is 6.72. The minimum absolute atomic E-state index is 0.0396. The normalized spacial score (nSPS) is 12.2. The monoisotopic (exact) mass is 586 g/mol. The first-order valence-electron chi connectivity index (χ1n) is 13.2. The number of aromatic hydroxyl groups is 1. The van der Waals surface area contributed by atoms with Crippen molar-refractivity contribution in [1.82, 2.24) is 9.55 Å². The highest BCUT2D eigenvalue weighted by atomic mass is 32.2. The first-order valence-corrected chi connectivity index (χ1v) is 14.7. The predicted octanol–water partition coefficient (Wildman–Crippen LogP) is 4.34. The Morgan fingerprint density at radius 3 is 2.40 bits per heavy atom. The minimum Gasteiger partial charge on any atom is -0.493 e. The Hall–Kier alpha value is -4.79. The van der Waals surface area contributed by atoms with Crippen molar-refractivity contribution in [3.8, 4) is 23.1 Å². The molecule has 0 aliphatic rings. The van der Waals surface area contributed by atoms with E-state index in [0.29, 0.717) is 28.7 Å². The molecule has 4 rings (SSSR count). The summed E-state index contributed by atoms with van der Waals surface area (Å²) in [6.07, 6.45) is 0.135. The van der Waals surface area contributed by atoms with Crippen molar-refractivity contribution in [3.05, 3.63) is 106 Å². The molecular weight excluding hydrogens is 556 g/mol. The molecular formula is C31H30N4O6S. The summed E-state index contributed by atoms with van der Waals surface area (Å²) in [7, 11) is -4.56. The fraction of sp³-hybridized carbons (Fsp3) is 0.226. The number of amides is 1. The van der Waals surface area contributed by atoms with Gasteiger partial charge in [0.05, 0.1) is 28.7 Å². The van der Waals surface area contributed by atoms with Gasteiger partial charge in [0.15, 0.2) is 4.90 Å². The molecule has 0 aliphatic carbocycles. The van der Waals surface area contributed by atoms with E-state index in [1.165, 1.54) is 28.8 Å². The van der Waals surface area contributed by atoms with Gasteiger partial charge >= 0.3 is 0 Å². The Balaban J connectivity index is 1.88. The first kappa shape index (κ1) is 30.2. The molecule has 0 spiro atoms. The zero-order valence-electron chi connectivity index (χ0n) is 23.3. The van der Waals surface area contributed by atoms with Gasteiger partial charge in [-0.05, 0) is 67.3 Å². The fourth-order valence-electron chi connectivity index (χ4n) is 4.72. The third kappa shape index (κ3) is 5.95. The second-order valence-electron chi connectivity index (χ2n) is 9.81. The molecule has 0 bridgehead atoms. The van der Waals surface area contributed by atoms with E-state index in [2.05, 4.69) is 11.1 Å². The lowest BCUT2D eigenvalue weighted by Gasteiger charge is -2.25. The van der Waals surface area contributed by atoms with Crippen LogP contribution in [0.25, 0.3) is 11.1 Å². The number of ether oxygens (including phenoxy) is 1. The lowest BCUT2D eigenvalue weighted by molar-refractivity contribution is 0.0571. The van der Waals surface area contributed by atoms with Gasteiger partial charge < -0.3 is 15.6 Å². The molecule has 1 heterocycles. The number of nitrogens with two attached hydrogens (primary N) is 1.